The number of nitriles is 1. The molecule has 2 N–H and O–H groups in total. The Kier molecular flexibility index (Phi) is 19.8. The molecule has 5 atom stereocenters. The van der Waals surface area contributed by atoms with Gasteiger partial charge in [-0.05, 0) is 19.8 Å². The zero-order valence-corrected chi connectivity index (χ0v) is 28.6. The molecule has 1 aromatic heterocycles. The minimum atomic E-state index is -4.21. The normalized spacial score (nSPS) is 22.5. The predicted molar refractivity (Wildman–Crippen MR) is 172 cm³/mol. The largest absolute Gasteiger partial charge is 0.474 e. The second-order valence-electron chi connectivity index (χ2n) is 12.0. The highest BCUT2D eigenvalue weighted by atomic mass is 31.2. The first-order chi connectivity index (χ1) is 22.1. The first-order valence-corrected chi connectivity index (χ1v) is 18.4. The Hall–Kier alpha value is -1.91. The van der Waals surface area contributed by atoms with Crippen LogP contribution in [0.3, 0.4) is 0 Å². The summed E-state index contributed by atoms with van der Waals surface area (Å²) in [5, 5.41) is 19.4. The Balaban J connectivity index is 1.62. The summed E-state index contributed by atoms with van der Waals surface area (Å²) in [4.78, 5) is 25.6. The van der Waals surface area contributed by atoms with E-state index in [1.165, 1.54) is 77.0 Å². The van der Waals surface area contributed by atoms with Crippen molar-refractivity contribution in [2.75, 3.05) is 33.0 Å². The molecule has 0 aliphatic carbocycles. The van der Waals surface area contributed by atoms with Gasteiger partial charge in [0.25, 0.3) is 5.56 Å². The Morgan fingerprint density at radius 3 is 2.09 bits per heavy atom. The van der Waals surface area contributed by atoms with Gasteiger partial charge < -0.3 is 14.6 Å². The summed E-state index contributed by atoms with van der Waals surface area (Å²) in [5.41, 5.74) is -4.05. The molecule has 14 heteroatoms. The summed E-state index contributed by atoms with van der Waals surface area (Å²) < 4.78 is 56.6. The number of nitrogens with zero attached hydrogens (tertiary/aromatic N) is 2. The molecule has 0 radical (unpaired) electrons. The van der Waals surface area contributed by atoms with Crippen molar-refractivity contribution < 1.29 is 37.1 Å². The molecule has 1 fully saturated rings. The Morgan fingerprint density at radius 1 is 0.935 bits per heavy atom. The SMILES string of the molecule is CCCCCCCCCCCCCCCCOCCCOP(=O)(OCCC#N)OC[C@H]1O[C@@H](n2ccc(=O)[nH]c2=O)[C@](C)(F)[C@@H]1O. The van der Waals surface area contributed by atoms with Crippen molar-refractivity contribution in [1.82, 2.24) is 9.55 Å². The van der Waals surface area contributed by atoms with Crippen molar-refractivity contribution in [3.05, 3.63) is 33.1 Å². The third-order valence-corrected chi connectivity index (χ3v) is 9.47. The number of phosphoric acid groups is 1. The van der Waals surface area contributed by atoms with E-state index in [1.54, 1.807) is 0 Å². The van der Waals surface area contributed by atoms with Gasteiger partial charge in [0, 0.05) is 25.5 Å². The van der Waals surface area contributed by atoms with E-state index in [9.17, 15) is 19.3 Å². The number of nitrogens with one attached hydrogen (secondary N) is 1. The number of H-pyrrole nitrogens is 1. The summed E-state index contributed by atoms with van der Waals surface area (Å²) >= 11 is 0. The fraction of sp³-hybridized carbons (Fsp3) is 0.844. The van der Waals surface area contributed by atoms with E-state index in [0.29, 0.717) is 19.6 Å². The van der Waals surface area contributed by atoms with Crippen LogP contribution in [-0.4, -0.2) is 65.6 Å². The number of hydrogen-bond donors (Lipinski definition) is 2. The number of aromatic amines is 1. The lowest BCUT2D eigenvalue weighted by Gasteiger charge is -2.24. The Bertz CT molecular complexity index is 1170. The van der Waals surface area contributed by atoms with E-state index in [1.807, 2.05) is 11.1 Å². The second-order valence-corrected chi connectivity index (χ2v) is 13.7. The number of aromatic nitrogens is 2. The Morgan fingerprint density at radius 2 is 1.50 bits per heavy atom. The number of rotatable bonds is 27. The molecule has 46 heavy (non-hydrogen) atoms. The van der Waals surface area contributed by atoms with Crippen molar-refractivity contribution in [2.24, 2.45) is 0 Å². The molecular formula is C32H55FN3O9P. The van der Waals surface area contributed by atoms with Gasteiger partial charge in [0.2, 0.25) is 0 Å². The molecule has 1 aliphatic rings. The smallest absolute Gasteiger partial charge is 0.387 e. The Labute approximate surface area is 272 Å². The predicted octanol–water partition coefficient (Wildman–Crippen LogP) is 6.48. The highest BCUT2D eigenvalue weighted by Gasteiger charge is 2.55. The van der Waals surface area contributed by atoms with Crippen molar-refractivity contribution in [2.45, 2.75) is 141 Å². The molecule has 0 saturated carbocycles. The quantitative estimate of drug-likeness (QED) is 0.0779. The van der Waals surface area contributed by atoms with E-state index in [-0.39, 0.29) is 19.6 Å². The highest BCUT2D eigenvalue weighted by molar-refractivity contribution is 7.48. The third-order valence-electron chi connectivity index (χ3n) is 8.01. The molecule has 1 unspecified atom stereocenters. The standard InChI is InChI=1S/C32H55FN3O9P/c1-3-4-5-6-7-8-9-10-11-12-13-14-15-16-22-41-23-18-25-43-46(40,42-24-17-20-34)44-26-27-29(38)32(2,33)30(45-27)36-21-19-28(37)35-31(36)39/h19,21,27,29-30,38H,3-18,22-26H2,1-2H3,(H,35,37,39)/t27-,29-,30-,32-,46?/m1/s1. The van der Waals surface area contributed by atoms with Crippen LogP contribution in [0.4, 0.5) is 4.39 Å². The lowest BCUT2D eigenvalue weighted by molar-refractivity contribution is -0.0620. The van der Waals surface area contributed by atoms with Gasteiger partial charge >= 0.3 is 13.5 Å². The third kappa shape index (κ3) is 14.9. The average Bonchev–Trinajstić information content (AvgIpc) is 3.25. The highest BCUT2D eigenvalue weighted by Crippen LogP contribution is 2.51. The molecule has 12 nitrogen and oxygen atoms in total. The fourth-order valence-electron chi connectivity index (χ4n) is 5.28. The summed E-state index contributed by atoms with van der Waals surface area (Å²) in [7, 11) is -4.21. The first kappa shape index (κ1) is 40.3. The molecule has 2 heterocycles. The number of phosphoric ester groups is 1. The molecule has 2 rings (SSSR count). The summed E-state index contributed by atoms with van der Waals surface area (Å²) in [6, 6.07) is 2.89. The number of halogens is 1. The second kappa shape index (κ2) is 22.6. The van der Waals surface area contributed by atoms with Gasteiger partial charge in [-0.15, -0.1) is 0 Å². The molecule has 0 aromatic carbocycles. The minimum absolute atomic E-state index is 0.0210. The van der Waals surface area contributed by atoms with Crippen molar-refractivity contribution in [3.8, 4) is 6.07 Å². The van der Waals surface area contributed by atoms with Crippen molar-refractivity contribution >= 4 is 7.82 Å². The van der Waals surface area contributed by atoms with Gasteiger partial charge in [0.05, 0.1) is 32.3 Å². The molecular weight excluding hydrogens is 620 g/mol. The summed E-state index contributed by atoms with van der Waals surface area (Å²) in [6.07, 6.45) is 14.7. The molecule has 1 aliphatic heterocycles. The van der Waals surface area contributed by atoms with Crippen LogP contribution in [-0.2, 0) is 27.6 Å². The number of aliphatic hydroxyl groups excluding tert-OH is 1. The lowest BCUT2D eigenvalue weighted by Crippen LogP contribution is -2.43. The number of alkyl halides is 1. The topological polar surface area (TPSA) is 162 Å². The zero-order chi connectivity index (χ0) is 33.7. The summed E-state index contributed by atoms with van der Waals surface area (Å²) in [5.74, 6) is 0. The van der Waals surface area contributed by atoms with Crippen LogP contribution in [0.5, 0.6) is 0 Å². The van der Waals surface area contributed by atoms with Crippen molar-refractivity contribution in [1.29, 1.82) is 5.26 Å². The van der Waals surface area contributed by atoms with Gasteiger partial charge in [-0.3, -0.25) is 27.9 Å². The number of unbranched alkanes of at least 4 members (excludes halogenated alkanes) is 13. The molecule has 1 saturated heterocycles. The van der Waals surface area contributed by atoms with Crippen LogP contribution in [0.2, 0.25) is 0 Å². The lowest BCUT2D eigenvalue weighted by atomic mass is 9.98. The van der Waals surface area contributed by atoms with E-state index in [4.69, 9.17) is 28.3 Å². The molecule has 0 bridgehead atoms. The molecule has 1 aromatic rings. The van der Waals surface area contributed by atoms with Crippen LogP contribution in [0.15, 0.2) is 21.9 Å². The molecule has 0 spiro atoms. The first-order valence-electron chi connectivity index (χ1n) is 17.0. The van der Waals surface area contributed by atoms with Crippen molar-refractivity contribution in [3.63, 3.8) is 0 Å². The van der Waals surface area contributed by atoms with Gasteiger partial charge in [0.1, 0.15) is 12.2 Å². The van der Waals surface area contributed by atoms with Gasteiger partial charge in [-0.1, -0.05) is 90.4 Å². The maximum Gasteiger partial charge on any atom is 0.474 e. The van der Waals surface area contributed by atoms with Crippen LogP contribution in [0.25, 0.3) is 0 Å². The van der Waals surface area contributed by atoms with E-state index in [0.717, 1.165) is 36.6 Å². The minimum Gasteiger partial charge on any atom is -0.387 e. The number of hydrogen-bond acceptors (Lipinski definition) is 10. The van der Waals surface area contributed by atoms with Crippen LogP contribution < -0.4 is 11.2 Å². The number of aliphatic hydroxyl groups is 1. The molecule has 0 amide bonds. The van der Waals surface area contributed by atoms with E-state index < -0.39 is 49.8 Å². The summed E-state index contributed by atoms with van der Waals surface area (Å²) in [6.45, 7) is 3.47. The van der Waals surface area contributed by atoms with E-state index >= 15 is 4.39 Å². The van der Waals surface area contributed by atoms with Gasteiger partial charge in [-0.2, -0.15) is 5.26 Å². The molecule has 264 valence electrons. The van der Waals surface area contributed by atoms with E-state index in [2.05, 4.69) is 6.92 Å². The van der Waals surface area contributed by atoms with Gasteiger partial charge in [-0.25, -0.2) is 13.8 Å². The van der Waals surface area contributed by atoms with Crippen LogP contribution in [0.1, 0.15) is 123 Å². The van der Waals surface area contributed by atoms with Crippen LogP contribution >= 0.6 is 7.82 Å². The zero-order valence-electron chi connectivity index (χ0n) is 27.7. The van der Waals surface area contributed by atoms with Gasteiger partial charge in [0.15, 0.2) is 11.9 Å². The monoisotopic (exact) mass is 675 g/mol. The fourth-order valence-corrected chi connectivity index (χ4v) is 6.50. The average molecular weight is 676 g/mol. The number of ether oxygens (including phenoxy) is 2. The maximum absolute atomic E-state index is 15.4. The van der Waals surface area contributed by atoms with Crippen LogP contribution in [0, 0.1) is 11.3 Å². The maximum atomic E-state index is 15.4.